The summed E-state index contributed by atoms with van der Waals surface area (Å²) in [6.45, 7) is 2.12. The van der Waals surface area contributed by atoms with E-state index >= 15 is 0 Å². The number of carbonyl (C=O) groups is 2. The van der Waals surface area contributed by atoms with Crippen LogP contribution in [-0.4, -0.2) is 55.6 Å². The predicted molar refractivity (Wildman–Crippen MR) is 155 cm³/mol. The first-order valence-corrected chi connectivity index (χ1v) is 14.9. The highest BCUT2D eigenvalue weighted by atomic mass is 35.5. The van der Waals surface area contributed by atoms with Gasteiger partial charge in [0.15, 0.2) is 0 Å². The summed E-state index contributed by atoms with van der Waals surface area (Å²) in [5.74, 6) is -0.813. The van der Waals surface area contributed by atoms with Crippen molar-refractivity contribution >= 4 is 45.0 Å². The Hall–Kier alpha value is -2.91. The highest BCUT2D eigenvalue weighted by molar-refractivity contribution is 7.89. The molecule has 0 saturated carbocycles. The van der Waals surface area contributed by atoms with E-state index in [1.807, 2.05) is 43.3 Å². The van der Waals surface area contributed by atoms with E-state index in [-0.39, 0.29) is 23.8 Å². The molecule has 208 valence electrons. The smallest absolute Gasteiger partial charge is 0.243 e. The van der Waals surface area contributed by atoms with Crippen molar-refractivity contribution < 1.29 is 18.0 Å². The number of halogens is 2. The first-order valence-electron chi connectivity index (χ1n) is 12.7. The van der Waals surface area contributed by atoms with E-state index < -0.39 is 28.5 Å². The van der Waals surface area contributed by atoms with Crippen molar-refractivity contribution in [1.29, 1.82) is 0 Å². The van der Waals surface area contributed by atoms with E-state index in [9.17, 15) is 18.0 Å². The Morgan fingerprint density at radius 1 is 0.897 bits per heavy atom. The molecule has 0 heterocycles. The lowest BCUT2D eigenvalue weighted by Crippen LogP contribution is -2.53. The molecule has 3 aromatic carbocycles. The fourth-order valence-corrected chi connectivity index (χ4v) is 5.50. The maximum absolute atomic E-state index is 13.8. The molecule has 1 atom stereocenters. The summed E-state index contributed by atoms with van der Waals surface area (Å²) in [7, 11) is -2.64. The molecule has 1 N–H and O–H groups in total. The maximum atomic E-state index is 13.8. The van der Waals surface area contributed by atoms with Gasteiger partial charge in [-0.05, 0) is 53.9 Å². The molecule has 0 spiro atoms. The molecule has 0 aliphatic rings. The van der Waals surface area contributed by atoms with Crippen molar-refractivity contribution in [3.63, 3.8) is 0 Å². The fourth-order valence-electron chi connectivity index (χ4n) is 4.04. The van der Waals surface area contributed by atoms with Gasteiger partial charge in [0.05, 0.1) is 11.4 Å². The Morgan fingerprint density at radius 2 is 1.56 bits per heavy atom. The standard InChI is InChI=1S/C29H33Cl2N3O4S/c1-3-4-17-32-29(36)27(19-22-9-6-5-7-10-22)34(20-23-11-8-12-25(31)18-23)28(35)21-33(2)39(37,38)26-15-13-24(30)14-16-26/h5-16,18,27H,3-4,17,19-21H2,1-2H3,(H,32,36)/t27-/m1/s1. The lowest BCUT2D eigenvalue weighted by molar-refractivity contribution is -0.141. The van der Waals surface area contributed by atoms with Gasteiger partial charge in [0.2, 0.25) is 21.8 Å². The largest absolute Gasteiger partial charge is 0.354 e. The van der Waals surface area contributed by atoms with Gasteiger partial charge in [0, 0.05) is 36.6 Å². The van der Waals surface area contributed by atoms with Gasteiger partial charge in [-0.3, -0.25) is 9.59 Å². The van der Waals surface area contributed by atoms with Crippen molar-refractivity contribution in [3.05, 3.63) is 100 Å². The minimum atomic E-state index is -3.98. The molecule has 0 aliphatic heterocycles. The number of benzene rings is 3. The van der Waals surface area contributed by atoms with Gasteiger partial charge >= 0.3 is 0 Å². The highest BCUT2D eigenvalue weighted by Crippen LogP contribution is 2.20. The number of amides is 2. The van der Waals surface area contributed by atoms with E-state index in [1.165, 1.54) is 36.2 Å². The second-order valence-corrected chi connectivity index (χ2v) is 12.1. The number of hydrogen-bond acceptors (Lipinski definition) is 4. The SMILES string of the molecule is CCCCNC(=O)[C@@H](Cc1ccccc1)N(Cc1cccc(Cl)c1)C(=O)CN(C)S(=O)(=O)c1ccc(Cl)cc1. The van der Waals surface area contributed by atoms with Crippen LogP contribution in [-0.2, 0) is 32.6 Å². The van der Waals surface area contributed by atoms with Crippen molar-refractivity contribution in [2.24, 2.45) is 0 Å². The van der Waals surface area contributed by atoms with Crippen LogP contribution in [0.1, 0.15) is 30.9 Å². The highest BCUT2D eigenvalue weighted by Gasteiger charge is 2.33. The van der Waals surface area contributed by atoms with Crippen molar-refractivity contribution in [2.45, 2.75) is 43.7 Å². The minimum absolute atomic E-state index is 0.0155. The summed E-state index contributed by atoms with van der Waals surface area (Å²) < 4.78 is 27.4. The van der Waals surface area contributed by atoms with E-state index in [0.717, 1.165) is 28.3 Å². The summed E-state index contributed by atoms with van der Waals surface area (Å²) in [4.78, 5) is 28.8. The van der Waals surface area contributed by atoms with Crippen LogP contribution in [0.2, 0.25) is 10.0 Å². The first-order chi connectivity index (χ1) is 18.6. The molecule has 2 amide bonds. The molecule has 0 fully saturated rings. The summed E-state index contributed by atoms with van der Waals surface area (Å²) in [5, 5.41) is 3.84. The van der Waals surface area contributed by atoms with Gasteiger partial charge in [-0.15, -0.1) is 0 Å². The summed E-state index contributed by atoms with van der Waals surface area (Å²) in [5.41, 5.74) is 1.60. The summed E-state index contributed by atoms with van der Waals surface area (Å²) in [6.07, 6.45) is 1.97. The third-order valence-corrected chi connectivity index (χ3v) is 8.53. The lowest BCUT2D eigenvalue weighted by atomic mass is 10.0. The van der Waals surface area contributed by atoms with E-state index in [0.29, 0.717) is 16.6 Å². The average molecular weight is 591 g/mol. The second-order valence-electron chi connectivity index (χ2n) is 9.22. The molecule has 39 heavy (non-hydrogen) atoms. The molecule has 0 saturated heterocycles. The number of nitrogens with one attached hydrogen (secondary N) is 1. The number of likely N-dealkylation sites (N-methyl/N-ethyl adjacent to an activating group) is 1. The van der Waals surface area contributed by atoms with Crippen LogP contribution in [0, 0.1) is 0 Å². The third kappa shape index (κ3) is 8.80. The molecule has 3 aromatic rings. The number of sulfonamides is 1. The molecule has 0 radical (unpaired) electrons. The lowest BCUT2D eigenvalue weighted by Gasteiger charge is -2.32. The second kappa shape index (κ2) is 14.5. The van der Waals surface area contributed by atoms with Gasteiger partial charge < -0.3 is 10.2 Å². The fraction of sp³-hybridized carbons (Fsp3) is 0.310. The zero-order valence-electron chi connectivity index (χ0n) is 22.0. The Morgan fingerprint density at radius 3 is 2.21 bits per heavy atom. The molecule has 0 aromatic heterocycles. The number of carbonyl (C=O) groups excluding carboxylic acids is 2. The average Bonchev–Trinajstić information content (AvgIpc) is 2.91. The Kier molecular flexibility index (Phi) is 11.4. The number of nitrogens with zero attached hydrogens (tertiary/aromatic N) is 2. The monoisotopic (exact) mass is 589 g/mol. The van der Waals surface area contributed by atoms with Crippen LogP contribution in [0.25, 0.3) is 0 Å². The molecule has 10 heteroatoms. The Bertz CT molecular complexity index is 1350. The quantitative estimate of drug-likeness (QED) is 0.279. The van der Waals surface area contributed by atoms with Crippen molar-refractivity contribution in [1.82, 2.24) is 14.5 Å². The first kappa shape index (κ1) is 30.6. The molecule has 0 aliphatic carbocycles. The molecule has 7 nitrogen and oxygen atoms in total. The van der Waals surface area contributed by atoms with Crippen LogP contribution < -0.4 is 5.32 Å². The minimum Gasteiger partial charge on any atom is -0.354 e. The maximum Gasteiger partial charge on any atom is 0.243 e. The van der Waals surface area contributed by atoms with Gasteiger partial charge in [0.1, 0.15) is 6.04 Å². The predicted octanol–water partition coefficient (Wildman–Crippen LogP) is 5.17. The van der Waals surface area contributed by atoms with E-state index in [4.69, 9.17) is 23.2 Å². The summed E-state index contributed by atoms with van der Waals surface area (Å²) in [6, 6.07) is 21.3. The van der Waals surface area contributed by atoms with E-state index in [1.54, 1.807) is 18.2 Å². The van der Waals surface area contributed by atoms with Crippen LogP contribution in [0.5, 0.6) is 0 Å². The van der Waals surface area contributed by atoms with Crippen LogP contribution in [0.15, 0.2) is 83.8 Å². The van der Waals surface area contributed by atoms with Gasteiger partial charge in [-0.2, -0.15) is 4.31 Å². The topological polar surface area (TPSA) is 86.8 Å². The molecular weight excluding hydrogens is 557 g/mol. The third-order valence-electron chi connectivity index (χ3n) is 6.22. The summed E-state index contributed by atoms with van der Waals surface area (Å²) >= 11 is 12.1. The van der Waals surface area contributed by atoms with Gasteiger partial charge in [0.25, 0.3) is 0 Å². The Balaban J connectivity index is 1.95. The Labute approximate surface area is 240 Å². The molecule has 0 bridgehead atoms. The van der Waals surface area contributed by atoms with Crippen LogP contribution in [0.3, 0.4) is 0 Å². The zero-order valence-corrected chi connectivity index (χ0v) is 24.3. The number of unbranched alkanes of at least 4 members (excludes halogenated alkanes) is 1. The van der Waals surface area contributed by atoms with Gasteiger partial charge in [-0.25, -0.2) is 8.42 Å². The molecule has 3 rings (SSSR count). The molecular formula is C29H33Cl2N3O4S. The molecule has 0 unspecified atom stereocenters. The van der Waals surface area contributed by atoms with Crippen molar-refractivity contribution in [3.8, 4) is 0 Å². The van der Waals surface area contributed by atoms with Crippen molar-refractivity contribution in [2.75, 3.05) is 20.1 Å². The van der Waals surface area contributed by atoms with E-state index in [2.05, 4.69) is 5.32 Å². The van der Waals surface area contributed by atoms with Gasteiger partial charge in [-0.1, -0.05) is 79.0 Å². The van der Waals surface area contributed by atoms with Crippen LogP contribution in [0.4, 0.5) is 0 Å². The van der Waals surface area contributed by atoms with Crippen LogP contribution >= 0.6 is 23.2 Å². The normalized spacial score (nSPS) is 12.2. The number of rotatable bonds is 13. The zero-order chi connectivity index (χ0) is 28.4. The number of hydrogen-bond donors (Lipinski definition) is 1.